The molecule has 488 valence electrons. The fourth-order valence-corrected chi connectivity index (χ4v) is 14.1. The maximum atomic E-state index is 6.52. The van der Waals surface area contributed by atoms with Gasteiger partial charge >= 0.3 is 0 Å². The molecule has 0 aliphatic carbocycles. The van der Waals surface area contributed by atoms with Crippen molar-refractivity contribution in [2.75, 3.05) is 0 Å². The maximum absolute atomic E-state index is 6.52. The number of hydrogen-bond donors (Lipinski definition) is 0. The van der Waals surface area contributed by atoms with Crippen LogP contribution in [0.1, 0.15) is 0 Å². The average Bonchev–Trinajstić information content (AvgIpc) is 1.58. The third-order valence-electron chi connectivity index (χ3n) is 19.1. The largest absolute Gasteiger partial charge is 0.435 e. The molecular formula is C93H59N9O2. The van der Waals surface area contributed by atoms with Crippen LogP contribution in [0.25, 0.3) is 190 Å². The van der Waals surface area contributed by atoms with Crippen molar-refractivity contribution < 1.29 is 8.83 Å². The van der Waals surface area contributed by atoms with Crippen molar-refractivity contribution in [3.63, 3.8) is 0 Å². The van der Waals surface area contributed by atoms with E-state index in [1.54, 1.807) is 0 Å². The van der Waals surface area contributed by atoms with Gasteiger partial charge in [-0.3, -0.25) is 0 Å². The summed E-state index contributed by atoms with van der Waals surface area (Å²) in [4.78, 5) is 35.0. The highest BCUT2D eigenvalue weighted by molar-refractivity contribution is 6.20. The predicted octanol–water partition coefficient (Wildman–Crippen LogP) is 23.5. The highest BCUT2D eigenvalue weighted by atomic mass is 16.4. The lowest BCUT2D eigenvalue weighted by molar-refractivity contribution is 0.622. The van der Waals surface area contributed by atoms with Gasteiger partial charge in [-0.2, -0.15) is 0 Å². The lowest BCUT2D eigenvalue weighted by Crippen LogP contribution is -2.01. The first-order valence-electron chi connectivity index (χ1n) is 34.6. The second-order valence-corrected chi connectivity index (χ2v) is 25.6. The molecule has 0 aliphatic heterocycles. The van der Waals surface area contributed by atoms with E-state index in [4.69, 9.17) is 43.7 Å². The fourth-order valence-electron chi connectivity index (χ4n) is 14.1. The monoisotopic (exact) mass is 1330 g/mol. The van der Waals surface area contributed by atoms with Crippen molar-refractivity contribution in [2.24, 2.45) is 0 Å². The molecule has 104 heavy (non-hydrogen) atoms. The normalized spacial score (nSPS) is 11.5. The van der Waals surface area contributed by atoms with Crippen molar-refractivity contribution in [1.29, 1.82) is 0 Å². The van der Waals surface area contributed by atoms with Crippen LogP contribution >= 0.6 is 0 Å². The standard InChI is InChI=1S/C47H30N4O.C46H29N5O/c1-4-13-31(14-5-1)32-23-25-33(26-24-32)40-30-41(49-46(48-40)34-15-6-2-7-16-34)36-19-12-20-37(29-36)51-42-22-11-10-21-38(42)44-43(51)28-27-39-45(44)52-47(50-39)35-17-8-3-9-18-35;1-4-13-30(14-5-1)31-23-25-33(26-24-31)44-48-43(32-15-6-2-7-16-32)49-45(50-44)35-19-12-20-36(29-35)51-39-22-11-10-21-37(39)41-40(51)28-27-38-42(41)52-46(47-38)34-17-8-3-9-18-34/h1-30H;1-29H. The van der Waals surface area contributed by atoms with Gasteiger partial charge in [-0.25, -0.2) is 34.9 Å². The molecule has 0 saturated carbocycles. The van der Waals surface area contributed by atoms with E-state index in [-0.39, 0.29) is 0 Å². The van der Waals surface area contributed by atoms with Crippen LogP contribution in [-0.2, 0) is 0 Å². The first-order chi connectivity index (χ1) is 51.5. The van der Waals surface area contributed by atoms with E-state index in [1.807, 2.05) is 127 Å². The molecule has 11 heteroatoms. The summed E-state index contributed by atoms with van der Waals surface area (Å²) < 4.78 is 17.6. The molecule has 20 rings (SSSR count). The van der Waals surface area contributed by atoms with E-state index < -0.39 is 0 Å². The number of benzene rings is 14. The Bertz CT molecular complexity index is 6160. The predicted molar refractivity (Wildman–Crippen MR) is 420 cm³/mol. The van der Waals surface area contributed by atoms with Gasteiger partial charge in [-0.15, -0.1) is 0 Å². The molecule has 11 nitrogen and oxygen atoms in total. The number of aromatic nitrogens is 9. The number of nitrogens with zero attached hydrogens (tertiary/aromatic N) is 9. The molecule has 0 radical (unpaired) electrons. The number of hydrogen-bond acceptors (Lipinski definition) is 9. The Labute approximate surface area is 597 Å². The van der Waals surface area contributed by atoms with Crippen LogP contribution < -0.4 is 0 Å². The van der Waals surface area contributed by atoms with Crippen LogP contribution in [-0.4, -0.2) is 44.0 Å². The van der Waals surface area contributed by atoms with Crippen LogP contribution in [0.5, 0.6) is 0 Å². The van der Waals surface area contributed by atoms with Gasteiger partial charge in [0, 0.05) is 66.7 Å². The van der Waals surface area contributed by atoms with Gasteiger partial charge in [0.25, 0.3) is 0 Å². The molecule has 20 aromatic rings. The highest BCUT2D eigenvalue weighted by Gasteiger charge is 2.23. The lowest BCUT2D eigenvalue weighted by atomic mass is 10.0. The summed E-state index contributed by atoms with van der Waals surface area (Å²) in [5.74, 6) is 3.75. The second kappa shape index (κ2) is 26.1. The van der Waals surface area contributed by atoms with E-state index in [2.05, 4.69) is 240 Å². The summed E-state index contributed by atoms with van der Waals surface area (Å²) in [6.07, 6.45) is 0. The summed E-state index contributed by atoms with van der Waals surface area (Å²) in [5.41, 5.74) is 23.5. The quantitative estimate of drug-likeness (QED) is 0.117. The van der Waals surface area contributed by atoms with Crippen molar-refractivity contribution >= 4 is 65.8 Å². The molecule has 0 aliphatic rings. The molecule has 0 saturated heterocycles. The van der Waals surface area contributed by atoms with Gasteiger partial charge in [0.1, 0.15) is 11.0 Å². The molecule has 0 spiro atoms. The minimum absolute atomic E-state index is 0.601. The van der Waals surface area contributed by atoms with Crippen LogP contribution in [0.15, 0.2) is 367 Å². The van der Waals surface area contributed by atoms with E-state index in [1.165, 1.54) is 11.1 Å². The molecule has 0 N–H and O–H groups in total. The first-order valence-corrected chi connectivity index (χ1v) is 34.6. The van der Waals surface area contributed by atoms with Gasteiger partial charge in [0.15, 0.2) is 34.5 Å². The van der Waals surface area contributed by atoms with Crippen LogP contribution in [0.3, 0.4) is 0 Å². The van der Waals surface area contributed by atoms with E-state index in [0.29, 0.717) is 35.1 Å². The lowest BCUT2D eigenvalue weighted by Gasteiger charge is -2.12. The van der Waals surface area contributed by atoms with Crippen molar-refractivity contribution in [2.45, 2.75) is 0 Å². The average molecular weight is 1330 g/mol. The summed E-state index contributed by atoms with van der Waals surface area (Å²) in [7, 11) is 0. The number of oxazole rings is 2. The van der Waals surface area contributed by atoms with E-state index >= 15 is 0 Å². The minimum atomic E-state index is 0.601. The Morgan fingerprint density at radius 1 is 0.202 bits per heavy atom. The topological polar surface area (TPSA) is 126 Å². The molecule has 0 amide bonds. The van der Waals surface area contributed by atoms with E-state index in [9.17, 15) is 0 Å². The summed E-state index contributed by atoms with van der Waals surface area (Å²) in [5, 5.41) is 4.28. The molecule has 0 bridgehead atoms. The Morgan fingerprint density at radius 3 is 0.971 bits per heavy atom. The van der Waals surface area contributed by atoms with Gasteiger partial charge in [-0.05, 0) is 113 Å². The molecule has 0 atom stereocenters. The highest BCUT2D eigenvalue weighted by Crippen LogP contribution is 2.42. The smallest absolute Gasteiger partial charge is 0.227 e. The number of rotatable bonds is 12. The Balaban J connectivity index is 0.000000143. The first kappa shape index (κ1) is 60.9. The van der Waals surface area contributed by atoms with Crippen molar-refractivity contribution in [3.05, 3.63) is 358 Å². The summed E-state index contributed by atoms with van der Waals surface area (Å²) in [6, 6.07) is 123. The third-order valence-corrected chi connectivity index (χ3v) is 19.1. The number of para-hydroxylation sites is 2. The van der Waals surface area contributed by atoms with Crippen LogP contribution in [0.2, 0.25) is 0 Å². The molecule has 0 fully saturated rings. The molecule has 0 unspecified atom stereocenters. The zero-order valence-corrected chi connectivity index (χ0v) is 55.9. The van der Waals surface area contributed by atoms with Gasteiger partial charge < -0.3 is 18.0 Å². The zero-order valence-electron chi connectivity index (χ0n) is 55.9. The molecule has 6 aromatic heterocycles. The maximum Gasteiger partial charge on any atom is 0.227 e. The molecule has 6 heterocycles. The SMILES string of the molecule is c1ccc(-c2ccc(-c3cc(-c4cccc(-n5c6ccccc6c6c7oc(-c8ccccc8)nc7ccc65)c4)nc(-c4ccccc4)n3)cc2)cc1.c1ccc(-c2ccc(-c3nc(-c4ccccc4)nc(-c4cccc(-n5c6ccccc6c6c7oc(-c8ccccc8)nc7ccc65)c4)n3)cc2)cc1. The Kier molecular flexibility index (Phi) is 15.3. The van der Waals surface area contributed by atoms with Crippen molar-refractivity contribution in [1.82, 2.24) is 44.0 Å². The summed E-state index contributed by atoms with van der Waals surface area (Å²) >= 11 is 0. The fraction of sp³-hybridized carbons (Fsp3) is 0. The van der Waals surface area contributed by atoms with Gasteiger partial charge in [-0.1, -0.05) is 267 Å². The van der Waals surface area contributed by atoms with Gasteiger partial charge in [0.2, 0.25) is 11.8 Å². The van der Waals surface area contributed by atoms with Crippen molar-refractivity contribution in [3.8, 4) is 125 Å². The third kappa shape index (κ3) is 11.3. The van der Waals surface area contributed by atoms with Crippen LogP contribution in [0, 0.1) is 0 Å². The van der Waals surface area contributed by atoms with Gasteiger partial charge in [0.05, 0.1) is 44.2 Å². The zero-order chi connectivity index (χ0) is 68.9. The second-order valence-electron chi connectivity index (χ2n) is 25.6. The van der Waals surface area contributed by atoms with Crippen LogP contribution in [0.4, 0.5) is 0 Å². The Hall–Kier alpha value is -14.3. The summed E-state index contributed by atoms with van der Waals surface area (Å²) in [6.45, 7) is 0. The van der Waals surface area contributed by atoms with E-state index in [0.717, 1.165) is 144 Å². The number of fused-ring (bicyclic) bond motifs is 10. The molecule has 14 aromatic carbocycles. The Morgan fingerprint density at radius 2 is 0.519 bits per heavy atom. The molecular weight excluding hydrogens is 1280 g/mol. The minimum Gasteiger partial charge on any atom is -0.435 e.